The number of hydrogen-bond acceptors (Lipinski definition) is 3. The molecule has 0 aromatic heterocycles. The maximum atomic E-state index is 11.4. The number of urea groups is 1. The Hall–Kier alpha value is -2.04. The highest BCUT2D eigenvalue weighted by Gasteiger charge is 2.07. The molecule has 5 nitrogen and oxygen atoms in total. The summed E-state index contributed by atoms with van der Waals surface area (Å²) in [6.45, 7) is 4.23. The summed E-state index contributed by atoms with van der Waals surface area (Å²) < 4.78 is 5.26. The van der Waals surface area contributed by atoms with E-state index in [4.69, 9.17) is 4.74 Å². The fourth-order valence-electron chi connectivity index (χ4n) is 1.30. The van der Waals surface area contributed by atoms with Crippen LogP contribution < -0.4 is 15.4 Å². The monoisotopic (exact) mass is 250 g/mol. The van der Waals surface area contributed by atoms with Gasteiger partial charge in [-0.1, -0.05) is 19.1 Å². The van der Waals surface area contributed by atoms with Gasteiger partial charge in [-0.2, -0.15) is 0 Å². The van der Waals surface area contributed by atoms with Crippen molar-refractivity contribution in [2.75, 3.05) is 13.2 Å². The van der Waals surface area contributed by atoms with Crippen LogP contribution in [0.5, 0.6) is 5.75 Å². The van der Waals surface area contributed by atoms with Crippen molar-refractivity contribution >= 4 is 11.9 Å². The summed E-state index contributed by atoms with van der Waals surface area (Å²) in [6.07, 6.45) is 0.821. The average molecular weight is 250 g/mol. The number of aryl methyl sites for hydroxylation is 1. The second-order valence-corrected chi connectivity index (χ2v) is 3.91. The molecule has 98 valence electrons. The molecule has 0 atom stereocenters. The molecule has 0 aliphatic heterocycles. The molecule has 0 unspecified atom stereocenters. The predicted molar refractivity (Wildman–Crippen MR) is 68.5 cm³/mol. The Labute approximate surface area is 107 Å². The highest BCUT2D eigenvalue weighted by Crippen LogP contribution is 2.11. The largest absolute Gasteiger partial charge is 0.484 e. The van der Waals surface area contributed by atoms with Crippen LogP contribution in [0.1, 0.15) is 18.9 Å². The second kappa shape index (κ2) is 7.32. The summed E-state index contributed by atoms with van der Waals surface area (Å²) in [5.41, 5.74) is 1.05. The number of hydrogen-bond donors (Lipinski definition) is 2. The first-order chi connectivity index (χ1) is 8.61. The van der Waals surface area contributed by atoms with Gasteiger partial charge in [0.1, 0.15) is 5.75 Å². The van der Waals surface area contributed by atoms with Crippen molar-refractivity contribution in [2.24, 2.45) is 0 Å². The van der Waals surface area contributed by atoms with Gasteiger partial charge in [0.2, 0.25) is 0 Å². The summed E-state index contributed by atoms with van der Waals surface area (Å²) >= 11 is 0. The molecule has 3 amide bonds. The van der Waals surface area contributed by atoms with Crippen molar-refractivity contribution in [3.05, 3.63) is 29.8 Å². The lowest BCUT2D eigenvalue weighted by Crippen LogP contribution is -2.41. The number of carbonyl (C=O) groups excluding carboxylic acids is 2. The molecule has 5 heteroatoms. The van der Waals surface area contributed by atoms with Crippen LogP contribution in [0.3, 0.4) is 0 Å². The van der Waals surface area contributed by atoms with E-state index < -0.39 is 11.9 Å². The Morgan fingerprint density at radius 1 is 1.33 bits per heavy atom. The van der Waals surface area contributed by atoms with Gasteiger partial charge in [0.25, 0.3) is 5.91 Å². The molecule has 0 heterocycles. The predicted octanol–water partition coefficient (Wildman–Crippen LogP) is 1.61. The summed E-state index contributed by atoms with van der Waals surface area (Å²) in [5.74, 6) is 0.143. The molecule has 0 saturated carbocycles. The number of nitrogens with one attached hydrogen (secondary N) is 2. The van der Waals surface area contributed by atoms with E-state index in [1.165, 1.54) is 0 Å². The van der Waals surface area contributed by atoms with Crippen molar-refractivity contribution in [3.63, 3.8) is 0 Å². The van der Waals surface area contributed by atoms with Crippen LogP contribution in [-0.4, -0.2) is 25.1 Å². The van der Waals surface area contributed by atoms with Crippen LogP contribution in [-0.2, 0) is 4.79 Å². The van der Waals surface area contributed by atoms with Crippen LogP contribution in [0.25, 0.3) is 0 Å². The van der Waals surface area contributed by atoms with Crippen LogP contribution in [0.4, 0.5) is 4.79 Å². The molecule has 2 N–H and O–H groups in total. The van der Waals surface area contributed by atoms with Gasteiger partial charge in [-0.05, 0) is 31.0 Å². The maximum Gasteiger partial charge on any atom is 0.321 e. The first-order valence-corrected chi connectivity index (χ1v) is 5.89. The SMILES string of the molecule is CCCNC(=O)NC(=O)COc1cccc(C)c1. The minimum absolute atomic E-state index is 0.178. The van der Waals surface area contributed by atoms with Gasteiger partial charge in [0, 0.05) is 6.54 Å². The molecule has 0 radical (unpaired) electrons. The number of amides is 3. The lowest BCUT2D eigenvalue weighted by molar-refractivity contribution is -0.122. The quantitative estimate of drug-likeness (QED) is 0.834. The molecule has 0 aliphatic rings. The molecule has 0 bridgehead atoms. The molecule has 0 saturated heterocycles. The number of carbonyl (C=O) groups is 2. The number of benzene rings is 1. The summed E-state index contributed by atoms with van der Waals surface area (Å²) in [4.78, 5) is 22.6. The fraction of sp³-hybridized carbons (Fsp3) is 0.385. The number of imide groups is 1. The molecule has 1 aromatic carbocycles. The van der Waals surface area contributed by atoms with Crippen molar-refractivity contribution in [1.29, 1.82) is 0 Å². The molecule has 1 aromatic rings. The molecule has 0 fully saturated rings. The van der Waals surface area contributed by atoms with Crippen molar-refractivity contribution in [2.45, 2.75) is 20.3 Å². The molecule has 18 heavy (non-hydrogen) atoms. The Morgan fingerprint density at radius 2 is 2.11 bits per heavy atom. The van der Waals surface area contributed by atoms with Gasteiger partial charge in [-0.25, -0.2) is 4.79 Å². The Kier molecular flexibility index (Phi) is 5.70. The molecule has 1 rings (SSSR count). The Bertz CT molecular complexity index is 418. The topological polar surface area (TPSA) is 67.4 Å². The van der Waals surface area contributed by atoms with Crippen LogP contribution in [0.15, 0.2) is 24.3 Å². The van der Waals surface area contributed by atoms with Crippen LogP contribution >= 0.6 is 0 Å². The van der Waals surface area contributed by atoms with E-state index in [9.17, 15) is 9.59 Å². The zero-order valence-electron chi connectivity index (χ0n) is 10.7. The van der Waals surface area contributed by atoms with E-state index in [0.29, 0.717) is 12.3 Å². The van der Waals surface area contributed by atoms with Crippen molar-refractivity contribution < 1.29 is 14.3 Å². The summed E-state index contributed by atoms with van der Waals surface area (Å²) in [5, 5.41) is 4.73. The molecule has 0 spiro atoms. The van der Waals surface area contributed by atoms with E-state index in [0.717, 1.165) is 12.0 Å². The molecular formula is C13H18N2O3. The average Bonchev–Trinajstić information content (AvgIpc) is 2.34. The van der Waals surface area contributed by atoms with E-state index >= 15 is 0 Å². The van der Waals surface area contributed by atoms with Gasteiger partial charge in [-0.3, -0.25) is 10.1 Å². The van der Waals surface area contributed by atoms with Gasteiger partial charge in [0.15, 0.2) is 6.61 Å². The summed E-state index contributed by atoms with van der Waals surface area (Å²) in [6, 6.07) is 6.87. The van der Waals surface area contributed by atoms with Crippen molar-refractivity contribution in [1.82, 2.24) is 10.6 Å². The highest BCUT2D eigenvalue weighted by atomic mass is 16.5. The fourth-order valence-corrected chi connectivity index (χ4v) is 1.30. The van der Waals surface area contributed by atoms with Gasteiger partial charge < -0.3 is 10.1 Å². The first-order valence-electron chi connectivity index (χ1n) is 5.89. The molecule has 0 aliphatic carbocycles. The normalized spacial score (nSPS) is 9.67. The van der Waals surface area contributed by atoms with E-state index in [2.05, 4.69) is 10.6 Å². The lowest BCUT2D eigenvalue weighted by atomic mass is 10.2. The van der Waals surface area contributed by atoms with Crippen LogP contribution in [0, 0.1) is 6.92 Å². The minimum atomic E-state index is -0.491. The Balaban J connectivity index is 2.31. The molecular weight excluding hydrogens is 232 g/mol. The highest BCUT2D eigenvalue weighted by molar-refractivity contribution is 5.94. The van der Waals surface area contributed by atoms with Crippen LogP contribution in [0.2, 0.25) is 0 Å². The third-order valence-corrected chi connectivity index (χ3v) is 2.15. The van der Waals surface area contributed by atoms with Gasteiger partial charge in [-0.15, -0.1) is 0 Å². The zero-order chi connectivity index (χ0) is 13.4. The number of rotatable bonds is 5. The third kappa shape index (κ3) is 5.34. The zero-order valence-corrected chi connectivity index (χ0v) is 10.7. The lowest BCUT2D eigenvalue weighted by Gasteiger charge is -2.07. The third-order valence-electron chi connectivity index (χ3n) is 2.15. The van der Waals surface area contributed by atoms with Crippen molar-refractivity contribution in [3.8, 4) is 5.75 Å². The van der Waals surface area contributed by atoms with E-state index in [1.807, 2.05) is 32.0 Å². The minimum Gasteiger partial charge on any atom is -0.484 e. The van der Waals surface area contributed by atoms with E-state index in [1.54, 1.807) is 6.07 Å². The number of ether oxygens (including phenoxy) is 1. The van der Waals surface area contributed by atoms with E-state index in [-0.39, 0.29) is 6.61 Å². The Morgan fingerprint density at radius 3 is 2.78 bits per heavy atom. The second-order valence-electron chi connectivity index (χ2n) is 3.91. The smallest absolute Gasteiger partial charge is 0.321 e. The van der Waals surface area contributed by atoms with Gasteiger partial charge >= 0.3 is 6.03 Å². The standard InChI is InChI=1S/C13H18N2O3/c1-3-7-14-13(17)15-12(16)9-18-11-6-4-5-10(2)8-11/h4-6,8H,3,7,9H2,1-2H3,(H2,14,15,16,17). The summed E-state index contributed by atoms with van der Waals surface area (Å²) in [7, 11) is 0. The maximum absolute atomic E-state index is 11.4. The first kappa shape index (κ1) is 14.0. The van der Waals surface area contributed by atoms with Gasteiger partial charge in [0.05, 0.1) is 0 Å².